The van der Waals surface area contributed by atoms with E-state index < -0.39 is 0 Å². The minimum absolute atomic E-state index is 0.0163. The number of imidazole rings is 1. The van der Waals surface area contributed by atoms with Crippen LogP contribution in [0, 0.1) is 0 Å². The molecule has 4 aromatic heterocycles. The quantitative estimate of drug-likeness (QED) is 0.567. The van der Waals surface area contributed by atoms with Gasteiger partial charge in [0.1, 0.15) is 17.9 Å². The van der Waals surface area contributed by atoms with Gasteiger partial charge in [0.2, 0.25) is 17.7 Å². The highest BCUT2D eigenvalue weighted by molar-refractivity contribution is 5.86. The summed E-state index contributed by atoms with van der Waals surface area (Å²) in [6.07, 6.45) is 4.64. The lowest BCUT2D eigenvalue weighted by atomic mass is 10.2. The normalized spacial score (nSPS) is 16.6. The molecule has 1 aliphatic heterocycles. The molecule has 1 saturated heterocycles. The number of fused-ring (bicyclic) bond motifs is 2. The summed E-state index contributed by atoms with van der Waals surface area (Å²) in [6.45, 7) is 0.377. The lowest BCUT2D eigenvalue weighted by Gasteiger charge is -2.11. The Balaban J connectivity index is 1.47. The van der Waals surface area contributed by atoms with E-state index in [1.807, 2.05) is 12.1 Å². The SMILES string of the molecule is COc1nccc2oc(-c3cnc4ccc(OC[C@H]5CCC(=O)N5)nn34)cc12. The predicted molar refractivity (Wildman–Crippen MR) is 99.2 cm³/mol. The molecule has 9 heteroatoms. The average Bonchev–Trinajstić information content (AvgIpc) is 3.42. The number of hydrogen-bond donors (Lipinski definition) is 1. The summed E-state index contributed by atoms with van der Waals surface area (Å²) >= 11 is 0. The zero-order valence-electron chi connectivity index (χ0n) is 15.1. The molecule has 0 aromatic carbocycles. The maximum atomic E-state index is 11.3. The van der Waals surface area contributed by atoms with E-state index in [0.717, 1.165) is 11.8 Å². The number of nitrogens with zero attached hydrogens (tertiary/aromatic N) is 4. The molecule has 0 unspecified atom stereocenters. The Bertz CT molecular complexity index is 1180. The van der Waals surface area contributed by atoms with Crippen molar-refractivity contribution < 1.29 is 18.7 Å². The fourth-order valence-electron chi connectivity index (χ4n) is 3.32. The zero-order chi connectivity index (χ0) is 19.1. The van der Waals surface area contributed by atoms with Gasteiger partial charge in [-0.1, -0.05) is 0 Å². The highest BCUT2D eigenvalue weighted by Gasteiger charge is 2.21. The summed E-state index contributed by atoms with van der Waals surface area (Å²) in [6, 6.07) is 7.23. The van der Waals surface area contributed by atoms with E-state index in [1.54, 1.807) is 36.2 Å². The van der Waals surface area contributed by atoms with Crippen molar-refractivity contribution in [1.29, 1.82) is 0 Å². The number of amides is 1. The van der Waals surface area contributed by atoms with Gasteiger partial charge in [0.05, 0.1) is 24.7 Å². The van der Waals surface area contributed by atoms with E-state index in [4.69, 9.17) is 13.9 Å². The monoisotopic (exact) mass is 379 g/mol. The smallest absolute Gasteiger partial charge is 0.231 e. The van der Waals surface area contributed by atoms with Gasteiger partial charge in [0.15, 0.2) is 11.4 Å². The number of hydrogen-bond acceptors (Lipinski definition) is 7. The van der Waals surface area contributed by atoms with Crippen molar-refractivity contribution in [2.24, 2.45) is 0 Å². The Morgan fingerprint density at radius 2 is 2.25 bits per heavy atom. The van der Waals surface area contributed by atoms with Crippen LogP contribution in [0.15, 0.2) is 41.1 Å². The minimum atomic E-state index is 0.0163. The van der Waals surface area contributed by atoms with Crippen molar-refractivity contribution in [2.45, 2.75) is 18.9 Å². The first-order chi connectivity index (χ1) is 13.7. The summed E-state index contributed by atoms with van der Waals surface area (Å²) < 4.78 is 18.7. The van der Waals surface area contributed by atoms with Gasteiger partial charge in [-0.15, -0.1) is 5.10 Å². The van der Waals surface area contributed by atoms with Crippen LogP contribution in [0.2, 0.25) is 0 Å². The third-order valence-corrected chi connectivity index (χ3v) is 4.71. The Kier molecular flexibility index (Phi) is 3.85. The molecule has 4 aromatic rings. The second-order valence-electron chi connectivity index (χ2n) is 6.54. The van der Waals surface area contributed by atoms with Crippen LogP contribution in [0.5, 0.6) is 11.8 Å². The van der Waals surface area contributed by atoms with Gasteiger partial charge in [-0.3, -0.25) is 4.79 Å². The van der Waals surface area contributed by atoms with Crippen LogP contribution >= 0.6 is 0 Å². The first-order valence-corrected chi connectivity index (χ1v) is 8.91. The molecular weight excluding hydrogens is 362 g/mol. The third kappa shape index (κ3) is 2.81. The fourth-order valence-corrected chi connectivity index (χ4v) is 3.32. The van der Waals surface area contributed by atoms with Crippen molar-refractivity contribution in [1.82, 2.24) is 24.9 Å². The average molecular weight is 379 g/mol. The van der Waals surface area contributed by atoms with Gasteiger partial charge in [0.25, 0.3) is 0 Å². The van der Waals surface area contributed by atoms with Gasteiger partial charge in [-0.2, -0.15) is 0 Å². The molecule has 1 aliphatic rings. The molecule has 1 amide bonds. The molecule has 1 atom stereocenters. The van der Waals surface area contributed by atoms with Crippen LogP contribution in [-0.4, -0.2) is 45.2 Å². The van der Waals surface area contributed by atoms with Crippen molar-refractivity contribution in [2.75, 3.05) is 13.7 Å². The van der Waals surface area contributed by atoms with E-state index in [0.29, 0.717) is 47.5 Å². The molecule has 142 valence electrons. The summed E-state index contributed by atoms with van der Waals surface area (Å²) in [5.74, 6) is 1.60. The number of furan rings is 1. The van der Waals surface area contributed by atoms with E-state index in [1.165, 1.54) is 0 Å². The minimum Gasteiger partial charge on any atom is -0.480 e. The van der Waals surface area contributed by atoms with Crippen LogP contribution in [0.3, 0.4) is 0 Å². The molecule has 0 aliphatic carbocycles. The van der Waals surface area contributed by atoms with E-state index >= 15 is 0 Å². The Labute approximate surface area is 159 Å². The number of nitrogens with one attached hydrogen (secondary N) is 1. The van der Waals surface area contributed by atoms with E-state index in [9.17, 15) is 4.79 Å². The summed E-state index contributed by atoms with van der Waals surface area (Å²) in [5.41, 5.74) is 2.02. The molecule has 0 bridgehead atoms. The molecule has 1 fully saturated rings. The second-order valence-corrected chi connectivity index (χ2v) is 6.54. The highest BCUT2D eigenvalue weighted by atomic mass is 16.5. The number of ether oxygens (including phenoxy) is 2. The Hall–Kier alpha value is -3.62. The van der Waals surface area contributed by atoms with Crippen molar-refractivity contribution in [3.05, 3.63) is 36.7 Å². The number of rotatable bonds is 5. The number of carbonyl (C=O) groups excluding carboxylic acids is 1. The zero-order valence-corrected chi connectivity index (χ0v) is 15.1. The third-order valence-electron chi connectivity index (χ3n) is 4.71. The molecular formula is C19H17N5O4. The maximum absolute atomic E-state index is 11.3. The van der Waals surface area contributed by atoms with E-state index in [-0.39, 0.29) is 11.9 Å². The standard InChI is InChI=1S/C19H17N5O4/c1-26-19-12-8-15(28-14(12)6-7-20-19)13-9-21-16-3-5-18(23-24(13)16)27-10-11-2-4-17(25)22-11/h3,5-9,11H,2,4,10H2,1H3,(H,22,25)/t11-/m1/s1. The molecule has 0 radical (unpaired) electrons. The lowest BCUT2D eigenvalue weighted by Crippen LogP contribution is -2.31. The highest BCUT2D eigenvalue weighted by Crippen LogP contribution is 2.32. The molecule has 5 heterocycles. The predicted octanol–water partition coefficient (Wildman–Crippen LogP) is 2.20. The van der Waals surface area contributed by atoms with Crippen LogP contribution in [0.25, 0.3) is 28.1 Å². The van der Waals surface area contributed by atoms with Crippen LogP contribution in [0.4, 0.5) is 0 Å². The van der Waals surface area contributed by atoms with Gasteiger partial charge in [-0.25, -0.2) is 14.5 Å². The molecule has 28 heavy (non-hydrogen) atoms. The summed E-state index contributed by atoms with van der Waals surface area (Å²) in [7, 11) is 1.57. The van der Waals surface area contributed by atoms with Crippen molar-refractivity contribution >= 4 is 22.5 Å². The largest absolute Gasteiger partial charge is 0.480 e. The summed E-state index contributed by atoms with van der Waals surface area (Å²) in [5, 5.41) is 8.17. The number of aromatic nitrogens is 4. The molecule has 9 nitrogen and oxygen atoms in total. The van der Waals surface area contributed by atoms with Crippen molar-refractivity contribution in [3.63, 3.8) is 0 Å². The first-order valence-electron chi connectivity index (χ1n) is 8.91. The number of methoxy groups -OCH3 is 1. The fraction of sp³-hybridized carbons (Fsp3) is 0.263. The van der Waals surface area contributed by atoms with Crippen molar-refractivity contribution in [3.8, 4) is 23.2 Å². The molecule has 1 N–H and O–H groups in total. The maximum Gasteiger partial charge on any atom is 0.231 e. The second kappa shape index (κ2) is 6.52. The van der Waals surface area contributed by atoms with Crippen LogP contribution in [-0.2, 0) is 4.79 Å². The Morgan fingerprint density at radius 1 is 1.32 bits per heavy atom. The van der Waals surface area contributed by atoms with Gasteiger partial charge < -0.3 is 19.2 Å². The van der Waals surface area contributed by atoms with Crippen LogP contribution in [0.1, 0.15) is 12.8 Å². The first kappa shape index (κ1) is 16.5. The number of pyridine rings is 1. The van der Waals surface area contributed by atoms with E-state index in [2.05, 4.69) is 20.4 Å². The Morgan fingerprint density at radius 3 is 3.07 bits per heavy atom. The topological polar surface area (TPSA) is 104 Å². The molecule has 0 saturated carbocycles. The molecule has 0 spiro atoms. The van der Waals surface area contributed by atoms with Gasteiger partial charge in [-0.05, 0) is 18.6 Å². The van der Waals surface area contributed by atoms with Gasteiger partial charge in [0, 0.05) is 24.8 Å². The number of carbonyl (C=O) groups is 1. The summed E-state index contributed by atoms with van der Waals surface area (Å²) in [4.78, 5) is 19.9. The van der Waals surface area contributed by atoms with Gasteiger partial charge >= 0.3 is 0 Å². The van der Waals surface area contributed by atoms with Crippen LogP contribution < -0.4 is 14.8 Å². The lowest BCUT2D eigenvalue weighted by molar-refractivity contribution is -0.119. The molecule has 5 rings (SSSR count).